The maximum Gasteiger partial charge on any atom is 0.338 e. The van der Waals surface area contributed by atoms with Crippen molar-refractivity contribution >= 4 is 18.0 Å². The van der Waals surface area contributed by atoms with Gasteiger partial charge in [-0.1, -0.05) is 49.6 Å². The lowest BCUT2D eigenvalue weighted by atomic mass is 9.80. The molecule has 0 spiro atoms. The van der Waals surface area contributed by atoms with E-state index in [2.05, 4.69) is 5.32 Å². The molecule has 0 bridgehead atoms. The Hall–Kier alpha value is -3.03. The lowest BCUT2D eigenvalue weighted by Gasteiger charge is -2.42. The first-order chi connectivity index (χ1) is 15.4. The molecule has 1 aliphatic carbocycles. The van der Waals surface area contributed by atoms with Gasteiger partial charge in [-0.05, 0) is 31.2 Å². The number of carbonyl (C=O) groups is 2. The van der Waals surface area contributed by atoms with Crippen LogP contribution >= 0.6 is 0 Å². The van der Waals surface area contributed by atoms with Gasteiger partial charge in [0.05, 0.1) is 25.0 Å². The quantitative estimate of drug-likeness (QED) is 0.730. The van der Waals surface area contributed by atoms with Gasteiger partial charge in [-0.25, -0.2) is 14.6 Å². The number of amides is 2. The summed E-state index contributed by atoms with van der Waals surface area (Å²) in [5.41, 5.74) is 2.38. The van der Waals surface area contributed by atoms with Crippen LogP contribution in [0, 0.1) is 5.92 Å². The Morgan fingerprint density at radius 3 is 2.41 bits per heavy atom. The lowest BCUT2D eigenvalue weighted by Crippen LogP contribution is -2.60. The smallest absolute Gasteiger partial charge is 0.338 e. The number of rotatable bonds is 4. The molecule has 2 heterocycles. The number of urea groups is 1. The summed E-state index contributed by atoms with van der Waals surface area (Å²) >= 11 is 0. The molecule has 1 atom stereocenters. The van der Waals surface area contributed by atoms with E-state index < -0.39 is 0 Å². The van der Waals surface area contributed by atoms with Crippen molar-refractivity contribution < 1.29 is 14.3 Å². The van der Waals surface area contributed by atoms with Crippen LogP contribution in [0.5, 0.6) is 0 Å². The van der Waals surface area contributed by atoms with Gasteiger partial charge in [0.15, 0.2) is 0 Å². The van der Waals surface area contributed by atoms with Crippen LogP contribution in [0.1, 0.15) is 44.6 Å². The van der Waals surface area contributed by atoms with Gasteiger partial charge in [0.2, 0.25) is 5.96 Å². The number of nitrogens with one attached hydrogen (secondary N) is 1. The first-order valence-electron chi connectivity index (χ1n) is 11.4. The Balaban J connectivity index is 1.56. The van der Waals surface area contributed by atoms with E-state index in [0.29, 0.717) is 30.8 Å². The molecule has 2 amide bonds. The molecule has 1 N–H and O–H groups in total. The monoisotopic (exact) mass is 439 g/mol. The van der Waals surface area contributed by atoms with Crippen molar-refractivity contribution in [1.29, 1.82) is 0 Å². The highest BCUT2D eigenvalue weighted by molar-refractivity contribution is 5.95. The molecule has 2 fully saturated rings. The Morgan fingerprint density at radius 2 is 1.75 bits per heavy atom. The number of benzene rings is 1. The van der Waals surface area contributed by atoms with Crippen LogP contribution in [-0.4, -0.2) is 66.1 Å². The van der Waals surface area contributed by atoms with Crippen LogP contribution in [-0.2, 0) is 16.1 Å². The molecular formula is C24H33N5O3. The van der Waals surface area contributed by atoms with Crippen molar-refractivity contribution in [3.05, 3.63) is 47.2 Å². The summed E-state index contributed by atoms with van der Waals surface area (Å²) in [6.07, 6.45) is 5.67. The summed E-state index contributed by atoms with van der Waals surface area (Å²) in [5.74, 6) is 0.723. The number of hydrogen-bond acceptors (Lipinski definition) is 6. The Bertz CT molecular complexity index is 893. The molecule has 1 aromatic rings. The standard InChI is InChI=1S/C24H33N5O3/c1-17-20(22(30)32-14-18-10-6-4-7-11-18)21(19-12-8-5-9-13-19)26-23(25-17)29-15-27(2)24(31)28(3)16-29/h4,6-7,10-11,19,21H,5,8-9,12-16H2,1-3H3,(H,25,26). The number of guanidine groups is 1. The number of aliphatic imine (C=N–C) groups is 1. The van der Waals surface area contributed by atoms with E-state index in [-0.39, 0.29) is 24.6 Å². The average Bonchev–Trinajstić information content (AvgIpc) is 2.81. The fourth-order valence-corrected chi connectivity index (χ4v) is 4.82. The molecule has 2 aliphatic heterocycles. The van der Waals surface area contributed by atoms with E-state index in [0.717, 1.165) is 36.9 Å². The summed E-state index contributed by atoms with van der Waals surface area (Å²) in [7, 11) is 3.56. The van der Waals surface area contributed by atoms with Crippen LogP contribution in [0.3, 0.4) is 0 Å². The normalized spacial score (nSPS) is 22.6. The van der Waals surface area contributed by atoms with Crippen LogP contribution in [0.15, 0.2) is 46.6 Å². The zero-order chi connectivity index (χ0) is 22.7. The predicted molar refractivity (Wildman–Crippen MR) is 122 cm³/mol. The van der Waals surface area contributed by atoms with Gasteiger partial charge in [0.25, 0.3) is 0 Å². The van der Waals surface area contributed by atoms with Gasteiger partial charge in [0.1, 0.15) is 6.61 Å². The summed E-state index contributed by atoms with van der Waals surface area (Å²) in [4.78, 5) is 35.7. The molecule has 1 saturated carbocycles. The minimum Gasteiger partial charge on any atom is -0.457 e. The minimum atomic E-state index is -0.305. The van der Waals surface area contributed by atoms with Crippen molar-refractivity contribution in [2.75, 3.05) is 27.4 Å². The summed E-state index contributed by atoms with van der Waals surface area (Å²) in [5, 5.41) is 3.33. The van der Waals surface area contributed by atoms with Gasteiger partial charge >= 0.3 is 12.0 Å². The van der Waals surface area contributed by atoms with Crippen LogP contribution in [0.4, 0.5) is 4.79 Å². The van der Waals surface area contributed by atoms with E-state index in [4.69, 9.17) is 9.73 Å². The largest absolute Gasteiger partial charge is 0.457 e. The van der Waals surface area contributed by atoms with E-state index in [1.165, 1.54) is 6.42 Å². The van der Waals surface area contributed by atoms with Crippen molar-refractivity contribution in [3.63, 3.8) is 0 Å². The van der Waals surface area contributed by atoms with Gasteiger partial charge in [-0.2, -0.15) is 0 Å². The number of ether oxygens (including phenoxy) is 1. The highest BCUT2D eigenvalue weighted by Gasteiger charge is 2.37. The molecule has 1 unspecified atom stereocenters. The van der Waals surface area contributed by atoms with E-state index >= 15 is 0 Å². The molecule has 8 nitrogen and oxygen atoms in total. The summed E-state index contributed by atoms with van der Waals surface area (Å²) in [6, 6.07) is 9.48. The maximum absolute atomic E-state index is 13.2. The zero-order valence-corrected chi connectivity index (χ0v) is 19.2. The average molecular weight is 440 g/mol. The van der Waals surface area contributed by atoms with E-state index in [9.17, 15) is 9.59 Å². The highest BCUT2D eigenvalue weighted by Crippen LogP contribution is 2.34. The maximum atomic E-state index is 13.2. The molecule has 32 heavy (non-hydrogen) atoms. The topological polar surface area (TPSA) is 77.5 Å². The van der Waals surface area contributed by atoms with Crippen molar-refractivity contribution in [2.24, 2.45) is 10.9 Å². The number of allylic oxidation sites excluding steroid dienone is 1. The third-order valence-corrected chi connectivity index (χ3v) is 6.51. The van der Waals surface area contributed by atoms with Crippen molar-refractivity contribution in [3.8, 4) is 0 Å². The number of carbonyl (C=O) groups excluding carboxylic acids is 2. The van der Waals surface area contributed by atoms with Gasteiger partial charge < -0.3 is 24.8 Å². The zero-order valence-electron chi connectivity index (χ0n) is 19.2. The Kier molecular flexibility index (Phi) is 6.67. The molecule has 0 radical (unpaired) electrons. The molecule has 172 valence electrons. The molecule has 8 heteroatoms. The van der Waals surface area contributed by atoms with E-state index in [1.54, 1.807) is 23.9 Å². The molecule has 1 aromatic carbocycles. The second-order valence-corrected chi connectivity index (χ2v) is 9.02. The van der Waals surface area contributed by atoms with Gasteiger partial charge in [0, 0.05) is 19.8 Å². The summed E-state index contributed by atoms with van der Waals surface area (Å²) in [6.45, 7) is 3.07. The first-order valence-corrected chi connectivity index (χ1v) is 11.4. The van der Waals surface area contributed by atoms with Crippen molar-refractivity contribution in [1.82, 2.24) is 20.0 Å². The SMILES string of the molecule is CC1=C(C(=O)OCc2ccccc2)C(C2CCCCC2)N=C(N2CN(C)C(=O)N(C)C2)N1. The number of nitrogens with zero attached hydrogens (tertiary/aromatic N) is 4. The molecule has 1 saturated heterocycles. The van der Waals surface area contributed by atoms with Gasteiger partial charge in [-0.3, -0.25) is 0 Å². The fraction of sp³-hybridized carbons (Fsp3) is 0.542. The Morgan fingerprint density at radius 1 is 1.09 bits per heavy atom. The second kappa shape index (κ2) is 9.63. The number of esters is 1. The molecule has 3 aliphatic rings. The second-order valence-electron chi connectivity index (χ2n) is 9.02. The van der Waals surface area contributed by atoms with Gasteiger partial charge in [-0.15, -0.1) is 0 Å². The highest BCUT2D eigenvalue weighted by atomic mass is 16.5. The van der Waals surface area contributed by atoms with Crippen LogP contribution in [0.2, 0.25) is 0 Å². The fourth-order valence-electron chi connectivity index (χ4n) is 4.82. The molecule has 4 rings (SSSR count). The summed E-state index contributed by atoms with van der Waals surface area (Å²) < 4.78 is 5.71. The molecular weight excluding hydrogens is 406 g/mol. The first kappa shape index (κ1) is 22.2. The van der Waals surface area contributed by atoms with Crippen LogP contribution in [0.25, 0.3) is 0 Å². The molecule has 0 aromatic heterocycles. The third kappa shape index (κ3) is 4.74. The lowest BCUT2D eigenvalue weighted by molar-refractivity contribution is -0.140. The van der Waals surface area contributed by atoms with E-state index in [1.807, 2.05) is 42.2 Å². The van der Waals surface area contributed by atoms with Crippen molar-refractivity contribution in [2.45, 2.75) is 51.7 Å². The number of hydrogen-bond donors (Lipinski definition) is 1. The van der Waals surface area contributed by atoms with Crippen LogP contribution < -0.4 is 5.32 Å². The minimum absolute atomic E-state index is 0.0149. The third-order valence-electron chi connectivity index (χ3n) is 6.51. The Labute approximate surface area is 189 Å². The predicted octanol–water partition coefficient (Wildman–Crippen LogP) is 3.13.